The minimum atomic E-state index is -0.110. The molecule has 0 aliphatic heterocycles. The SMILES string of the molecule is [MgH2].[O]Cc1ccccc1. The summed E-state index contributed by atoms with van der Waals surface area (Å²) < 4.78 is 0. The summed E-state index contributed by atoms with van der Waals surface area (Å²) in [7, 11) is 0. The van der Waals surface area contributed by atoms with Gasteiger partial charge in [-0.25, -0.2) is 5.11 Å². The lowest BCUT2D eigenvalue weighted by atomic mass is 10.2. The van der Waals surface area contributed by atoms with Crippen LogP contribution in [0.1, 0.15) is 5.56 Å². The van der Waals surface area contributed by atoms with E-state index in [1.807, 2.05) is 30.3 Å². The minimum absolute atomic E-state index is 0. The Kier molecular flexibility index (Phi) is 4.76. The molecule has 0 saturated carbocycles. The molecule has 45 valence electrons. The highest BCUT2D eigenvalue weighted by molar-refractivity contribution is 5.75. The van der Waals surface area contributed by atoms with E-state index < -0.39 is 0 Å². The highest BCUT2D eigenvalue weighted by Gasteiger charge is 1.82. The van der Waals surface area contributed by atoms with Gasteiger partial charge < -0.3 is 0 Å². The van der Waals surface area contributed by atoms with Gasteiger partial charge in [0, 0.05) is 0 Å². The maximum Gasteiger partial charge on any atom is 0.316 e. The summed E-state index contributed by atoms with van der Waals surface area (Å²) in [5.74, 6) is 0. The molecular weight excluding hydrogens is 124 g/mol. The minimum Gasteiger partial charge on any atom is -0.232 e. The average molecular weight is 133 g/mol. The molecule has 0 amide bonds. The smallest absolute Gasteiger partial charge is 0.232 e. The van der Waals surface area contributed by atoms with Crippen LogP contribution in [0, 0.1) is 0 Å². The molecule has 0 atom stereocenters. The van der Waals surface area contributed by atoms with E-state index in [-0.39, 0.29) is 29.7 Å². The van der Waals surface area contributed by atoms with E-state index in [9.17, 15) is 5.11 Å². The Morgan fingerprint density at radius 1 is 1.11 bits per heavy atom. The molecule has 0 aromatic heterocycles. The molecule has 2 heteroatoms. The first-order valence-corrected chi connectivity index (χ1v) is 2.55. The second kappa shape index (κ2) is 4.79. The molecule has 9 heavy (non-hydrogen) atoms. The fraction of sp³-hybridized carbons (Fsp3) is 0.143. The summed E-state index contributed by atoms with van der Waals surface area (Å²) >= 11 is 0. The van der Waals surface area contributed by atoms with E-state index in [2.05, 4.69) is 0 Å². The lowest BCUT2D eigenvalue weighted by molar-refractivity contribution is 0.177. The first kappa shape index (κ1) is 8.95. The Labute approximate surface area is 70.9 Å². The quantitative estimate of drug-likeness (QED) is 0.503. The summed E-state index contributed by atoms with van der Waals surface area (Å²) in [6.45, 7) is -0.110. The summed E-state index contributed by atoms with van der Waals surface area (Å²) in [6, 6.07) is 9.29. The lowest BCUT2D eigenvalue weighted by Gasteiger charge is -1.87. The van der Waals surface area contributed by atoms with Crippen LogP contribution in [0.2, 0.25) is 0 Å². The zero-order valence-electron chi connectivity index (χ0n) is 4.50. The molecule has 0 aliphatic rings. The second-order valence-electron chi connectivity index (χ2n) is 1.63. The van der Waals surface area contributed by atoms with Crippen molar-refractivity contribution in [2.45, 2.75) is 6.61 Å². The van der Waals surface area contributed by atoms with E-state index in [1.54, 1.807) is 0 Å². The molecule has 1 rings (SSSR count). The van der Waals surface area contributed by atoms with Gasteiger partial charge in [-0.05, 0) is 5.56 Å². The van der Waals surface area contributed by atoms with Crippen LogP contribution in [0.3, 0.4) is 0 Å². The summed E-state index contributed by atoms with van der Waals surface area (Å²) in [4.78, 5) is 0. The van der Waals surface area contributed by atoms with Gasteiger partial charge in [-0.2, -0.15) is 0 Å². The Morgan fingerprint density at radius 2 is 1.67 bits per heavy atom. The van der Waals surface area contributed by atoms with Crippen molar-refractivity contribution >= 4 is 23.1 Å². The Balaban J connectivity index is 0.000000640. The molecule has 1 radical (unpaired) electrons. The Bertz CT molecular complexity index is 150. The van der Waals surface area contributed by atoms with Crippen LogP contribution in [0.4, 0.5) is 0 Å². The third-order valence-electron chi connectivity index (χ3n) is 1.01. The predicted molar refractivity (Wildman–Crippen MR) is 39.4 cm³/mol. The number of hydrogen-bond acceptors (Lipinski definition) is 0. The van der Waals surface area contributed by atoms with Gasteiger partial charge in [0.2, 0.25) is 0 Å². The van der Waals surface area contributed by atoms with E-state index in [0.717, 1.165) is 5.56 Å². The molecule has 1 nitrogen and oxygen atoms in total. The largest absolute Gasteiger partial charge is 0.316 e. The third-order valence-corrected chi connectivity index (χ3v) is 1.01. The molecule has 1 aromatic rings. The zero-order valence-corrected chi connectivity index (χ0v) is 4.50. The summed E-state index contributed by atoms with van der Waals surface area (Å²) in [5, 5.41) is 10.1. The molecule has 0 heterocycles. The van der Waals surface area contributed by atoms with Crippen LogP contribution in [0.25, 0.3) is 0 Å². The third kappa shape index (κ3) is 2.84. The van der Waals surface area contributed by atoms with Crippen LogP contribution >= 0.6 is 0 Å². The van der Waals surface area contributed by atoms with Crippen molar-refractivity contribution < 1.29 is 5.11 Å². The molecular formula is C7H9MgO. The van der Waals surface area contributed by atoms with E-state index in [0.29, 0.717) is 0 Å². The monoisotopic (exact) mass is 133 g/mol. The molecule has 0 spiro atoms. The normalized spacial score (nSPS) is 8.11. The standard InChI is InChI=1S/C7H7O.Mg.2H/c8-6-7-4-2-1-3-5-7;;;/h1-5H,6H2;;;. The molecule has 0 saturated heterocycles. The van der Waals surface area contributed by atoms with Gasteiger partial charge in [0.15, 0.2) is 0 Å². The predicted octanol–water partition coefficient (Wildman–Crippen LogP) is 0.701. The van der Waals surface area contributed by atoms with Gasteiger partial charge in [0.1, 0.15) is 6.61 Å². The van der Waals surface area contributed by atoms with Crippen molar-refractivity contribution in [3.63, 3.8) is 0 Å². The van der Waals surface area contributed by atoms with Crippen LogP contribution in [0.5, 0.6) is 0 Å². The number of benzene rings is 1. The summed E-state index contributed by atoms with van der Waals surface area (Å²) in [5.41, 5.74) is 0.854. The molecule has 0 fully saturated rings. The van der Waals surface area contributed by atoms with Crippen molar-refractivity contribution in [3.8, 4) is 0 Å². The van der Waals surface area contributed by atoms with Crippen molar-refractivity contribution in [1.82, 2.24) is 0 Å². The van der Waals surface area contributed by atoms with Gasteiger partial charge >= 0.3 is 23.1 Å². The molecule has 1 aromatic carbocycles. The molecule has 0 N–H and O–H groups in total. The van der Waals surface area contributed by atoms with Crippen molar-refractivity contribution in [2.24, 2.45) is 0 Å². The van der Waals surface area contributed by atoms with Crippen molar-refractivity contribution in [2.75, 3.05) is 0 Å². The highest BCUT2D eigenvalue weighted by atomic mass is 24.3. The number of hydrogen-bond donors (Lipinski definition) is 0. The number of rotatable bonds is 1. The van der Waals surface area contributed by atoms with E-state index in [4.69, 9.17) is 0 Å². The van der Waals surface area contributed by atoms with E-state index >= 15 is 0 Å². The Hall–Kier alpha value is -0.0538. The van der Waals surface area contributed by atoms with Gasteiger partial charge in [-0.15, -0.1) is 0 Å². The van der Waals surface area contributed by atoms with Gasteiger partial charge in [0.05, 0.1) is 0 Å². The van der Waals surface area contributed by atoms with Gasteiger partial charge in [-0.3, -0.25) is 0 Å². The zero-order chi connectivity index (χ0) is 5.82. The Morgan fingerprint density at radius 3 is 2.00 bits per heavy atom. The van der Waals surface area contributed by atoms with Gasteiger partial charge in [0.25, 0.3) is 0 Å². The van der Waals surface area contributed by atoms with Crippen molar-refractivity contribution in [3.05, 3.63) is 35.9 Å². The molecule has 0 aliphatic carbocycles. The first-order valence-electron chi connectivity index (χ1n) is 2.55. The van der Waals surface area contributed by atoms with Crippen LogP contribution < -0.4 is 0 Å². The average Bonchev–Trinajstić information content (AvgIpc) is 1.90. The van der Waals surface area contributed by atoms with Crippen LogP contribution in [-0.2, 0) is 11.7 Å². The van der Waals surface area contributed by atoms with Crippen molar-refractivity contribution in [1.29, 1.82) is 0 Å². The maximum atomic E-state index is 10.1. The van der Waals surface area contributed by atoms with E-state index in [1.165, 1.54) is 0 Å². The fourth-order valence-corrected chi connectivity index (χ4v) is 0.574. The maximum absolute atomic E-state index is 10.1. The van der Waals surface area contributed by atoms with Gasteiger partial charge in [-0.1, -0.05) is 30.3 Å². The fourth-order valence-electron chi connectivity index (χ4n) is 0.574. The van der Waals surface area contributed by atoms with Crippen LogP contribution in [0.15, 0.2) is 30.3 Å². The summed E-state index contributed by atoms with van der Waals surface area (Å²) in [6.07, 6.45) is 0. The topological polar surface area (TPSA) is 19.9 Å². The lowest BCUT2D eigenvalue weighted by Crippen LogP contribution is -1.75. The second-order valence-corrected chi connectivity index (χ2v) is 1.63. The molecule has 0 unspecified atom stereocenters. The van der Waals surface area contributed by atoms with Crippen LogP contribution in [-0.4, -0.2) is 23.1 Å². The molecule has 0 bridgehead atoms. The first-order chi connectivity index (χ1) is 3.93. The highest BCUT2D eigenvalue weighted by Crippen LogP contribution is 1.95.